The minimum Gasteiger partial charge on any atom is -0.317 e. The number of nitrogens with one attached hydrogen (secondary N) is 1. The van der Waals surface area contributed by atoms with E-state index in [9.17, 15) is 0 Å². The summed E-state index contributed by atoms with van der Waals surface area (Å²) >= 11 is 0. The predicted molar refractivity (Wildman–Crippen MR) is 56.4 cm³/mol. The molecule has 74 valence electrons. The summed E-state index contributed by atoms with van der Waals surface area (Å²) in [5.41, 5.74) is 0. The van der Waals surface area contributed by atoms with Gasteiger partial charge in [-0.3, -0.25) is 0 Å². The first-order chi connectivity index (χ1) is 5.70. The van der Waals surface area contributed by atoms with Crippen molar-refractivity contribution in [3.63, 3.8) is 0 Å². The van der Waals surface area contributed by atoms with Crippen LogP contribution < -0.4 is 5.32 Å². The molecule has 0 aromatic rings. The highest BCUT2D eigenvalue weighted by Gasteiger charge is 2.02. The van der Waals surface area contributed by atoms with Crippen LogP contribution in [0.4, 0.5) is 0 Å². The van der Waals surface area contributed by atoms with Gasteiger partial charge in [-0.25, -0.2) is 0 Å². The highest BCUT2D eigenvalue weighted by Crippen LogP contribution is 2.10. The van der Waals surface area contributed by atoms with Gasteiger partial charge in [0.1, 0.15) is 0 Å². The van der Waals surface area contributed by atoms with E-state index >= 15 is 0 Å². The Hall–Kier alpha value is -0.0400. The molecule has 0 fully saturated rings. The van der Waals surface area contributed by atoms with Crippen LogP contribution in [-0.2, 0) is 0 Å². The molecule has 0 heterocycles. The van der Waals surface area contributed by atoms with Crippen molar-refractivity contribution in [2.75, 3.05) is 7.05 Å². The van der Waals surface area contributed by atoms with E-state index in [1.165, 1.54) is 32.1 Å². The molecule has 1 atom stereocenters. The molecular weight excluding hydrogens is 146 g/mol. The molecule has 0 aromatic carbocycles. The molecule has 0 spiro atoms. The zero-order valence-electron chi connectivity index (χ0n) is 9.19. The molecule has 1 nitrogen and oxygen atoms in total. The summed E-state index contributed by atoms with van der Waals surface area (Å²) in [6.45, 7) is 6.86. The summed E-state index contributed by atoms with van der Waals surface area (Å²) in [5.74, 6) is 0.875. The van der Waals surface area contributed by atoms with E-state index in [4.69, 9.17) is 0 Å². The van der Waals surface area contributed by atoms with E-state index in [0.717, 1.165) is 12.0 Å². The quantitative estimate of drug-likeness (QED) is 0.580. The zero-order chi connectivity index (χ0) is 9.40. The average molecular weight is 171 g/mol. The molecule has 0 saturated heterocycles. The smallest absolute Gasteiger partial charge is 0.00614 e. The van der Waals surface area contributed by atoms with Crippen molar-refractivity contribution in [2.24, 2.45) is 5.92 Å². The maximum atomic E-state index is 3.34. The highest BCUT2D eigenvalue weighted by atomic mass is 14.9. The Morgan fingerprint density at radius 3 is 2.08 bits per heavy atom. The summed E-state index contributed by atoms with van der Waals surface area (Å²) in [6, 6.07) is 0.747. The standard InChI is InChI=1S/C11H25N/c1-5-11(12-4)9-7-6-8-10(2)3/h10-12H,5-9H2,1-4H3. The van der Waals surface area contributed by atoms with Crippen molar-refractivity contribution in [2.45, 2.75) is 58.9 Å². The number of unbranched alkanes of at least 4 members (excludes halogenated alkanes) is 1. The molecule has 0 saturated carbocycles. The lowest BCUT2D eigenvalue weighted by molar-refractivity contribution is 0.456. The van der Waals surface area contributed by atoms with Crippen LogP contribution in [0.25, 0.3) is 0 Å². The third-order valence-electron chi connectivity index (χ3n) is 2.49. The maximum Gasteiger partial charge on any atom is 0.00614 e. The first-order valence-electron chi connectivity index (χ1n) is 5.38. The van der Waals surface area contributed by atoms with Crippen LogP contribution in [0.2, 0.25) is 0 Å². The van der Waals surface area contributed by atoms with E-state index in [2.05, 4.69) is 33.1 Å². The monoisotopic (exact) mass is 171 g/mol. The van der Waals surface area contributed by atoms with Crippen LogP contribution >= 0.6 is 0 Å². The van der Waals surface area contributed by atoms with Crippen LogP contribution in [0.3, 0.4) is 0 Å². The third kappa shape index (κ3) is 6.66. The van der Waals surface area contributed by atoms with Crippen LogP contribution in [-0.4, -0.2) is 13.1 Å². The summed E-state index contributed by atoms with van der Waals surface area (Å²) in [4.78, 5) is 0. The van der Waals surface area contributed by atoms with E-state index in [0.29, 0.717) is 0 Å². The van der Waals surface area contributed by atoms with Gasteiger partial charge in [-0.1, -0.05) is 40.0 Å². The first-order valence-corrected chi connectivity index (χ1v) is 5.38. The number of hydrogen-bond donors (Lipinski definition) is 1. The van der Waals surface area contributed by atoms with Crippen molar-refractivity contribution < 1.29 is 0 Å². The molecule has 0 amide bonds. The van der Waals surface area contributed by atoms with E-state index in [1.54, 1.807) is 0 Å². The normalized spacial score (nSPS) is 13.8. The Kier molecular flexibility index (Phi) is 7.58. The Balaban J connectivity index is 3.17. The molecule has 1 unspecified atom stereocenters. The fourth-order valence-corrected chi connectivity index (χ4v) is 1.50. The van der Waals surface area contributed by atoms with E-state index in [-0.39, 0.29) is 0 Å². The molecule has 0 rings (SSSR count). The largest absolute Gasteiger partial charge is 0.317 e. The molecule has 1 N–H and O–H groups in total. The highest BCUT2D eigenvalue weighted by molar-refractivity contribution is 4.61. The SMILES string of the molecule is CCC(CCCCC(C)C)NC. The Morgan fingerprint density at radius 2 is 1.67 bits per heavy atom. The lowest BCUT2D eigenvalue weighted by Crippen LogP contribution is -2.23. The van der Waals surface area contributed by atoms with Crippen LogP contribution in [0.15, 0.2) is 0 Å². The summed E-state index contributed by atoms with van der Waals surface area (Å²) < 4.78 is 0. The van der Waals surface area contributed by atoms with Gasteiger partial charge in [0.05, 0.1) is 0 Å². The molecule has 0 radical (unpaired) electrons. The zero-order valence-corrected chi connectivity index (χ0v) is 9.19. The van der Waals surface area contributed by atoms with Gasteiger partial charge in [0, 0.05) is 6.04 Å². The van der Waals surface area contributed by atoms with Crippen molar-refractivity contribution in [3.05, 3.63) is 0 Å². The van der Waals surface area contributed by atoms with Crippen molar-refractivity contribution in [3.8, 4) is 0 Å². The van der Waals surface area contributed by atoms with E-state index < -0.39 is 0 Å². The minimum atomic E-state index is 0.747. The summed E-state index contributed by atoms with van der Waals surface area (Å²) in [5, 5.41) is 3.34. The summed E-state index contributed by atoms with van der Waals surface area (Å²) in [6.07, 6.45) is 6.78. The molecule has 12 heavy (non-hydrogen) atoms. The van der Waals surface area contributed by atoms with Gasteiger partial charge < -0.3 is 5.32 Å². The Bertz CT molecular complexity index is 85.0. The second kappa shape index (κ2) is 7.60. The number of hydrogen-bond acceptors (Lipinski definition) is 1. The molecule has 0 bridgehead atoms. The Morgan fingerprint density at radius 1 is 1.08 bits per heavy atom. The molecule has 0 aliphatic carbocycles. The number of rotatable bonds is 7. The average Bonchev–Trinajstić information content (AvgIpc) is 2.04. The first kappa shape index (κ1) is 12.0. The molecule has 0 aromatic heterocycles. The van der Waals surface area contributed by atoms with Crippen molar-refractivity contribution in [1.29, 1.82) is 0 Å². The van der Waals surface area contributed by atoms with Crippen LogP contribution in [0, 0.1) is 5.92 Å². The predicted octanol–water partition coefficient (Wildman–Crippen LogP) is 3.20. The van der Waals surface area contributed by atoms with Gasteiger partial charge in [0.25, 0.3) is 0 Å². The van der Waals surface area contributed by atoms with Gasteiger partial charge in [0.2, 0.25) is 0 Å². The maximum absolute atomic E-state index is 3.34. The van der Waals surface area contributed by atoms with Gasteiger partial charge in [-0.05, 0) is 25.8 Å². The fourth-order valence-electron chi connectivity index (χ4n) is 1.50. The third-order valence-corrected chi connectivity index (χ3v) is 2.49. The lowest BCUT2D eigenvalue weighted by atomic mass is 10.0. The van der Waals surface area contributed by atoms with Crippen molar-refractivity contribution in [1.82, 2.24) is 5.32 Å². The van der Waals surface area contributed by atoms with Crippen molar-refractivity contribution >= 4 is 0 Å². The van der Waals surface area contributed by atoms with Gasteiger partial charge in [-0.15, -0.1) is 0 Å². The van der Waals surface area contributed by atoms with Gasteiger partial charge in [0.15, 0.2) is 0 Å². The fraction of sp³-hybridized carbons (Fsp3) is 1.00. The molecular formula is C11H25N. The summed E-state index contributed by atoms with van der Waals surface area (Å²) in [7, 11) is 2.07. The van der Waals surface area contributed by atoms with Crippen LogP contribution in [0.5, 0.6) is 0 Å². The van der Waals surface area contributed by atoms with E-state index in [1.807, 2.05) is 0 Å². The lowest BCUT2D eigenvalue weighted by Gasteiger charge is -2.13. The molecule has 1 heteroatoms. The second-order valence-electron chi connectivity index (χ2n) is 4.07. The minimum absolute atomic E-state index is 0.747. The van der Waals surface area contributed by atoms with Gasteiger partial charge >= 0.3 is 0 Å². The van der Waals surface area contributed by atoms with Gasteiger partial charge in [-0.2, -0.15) is 0 Å². The molecule has 0 aliphatic rings. The topological polar surface area (TPSA) is 12.0 Å². The Labute approximate surface area is 77.9 Å². The second-order valence-corrected chi connectivity index (χ2v) is 4.07. The van der Waals surface area contributed by atoms with Crippen LogP contribution in [0.1, 0.15) is 52.9 Å². The molecule has 0 aliphatic heterocycles.